The fraction of sp³-hybridized carbons (Fsp3) is 0.118. The van der Waals surface area contributed by atoms with E-state index in [1.807, 2.05) is 0 Å². The summed E-state index contributed by atoms with van der Waals surface area (Å²) in [5.74, 6) is -1.86. The summed E-state index contributed by atoms with van der Waals surface area (Å²) in [6.07, 6.45) is 1.51. The first-order valence-electron chi connectivity index (χ1n) is 6.95. The number of aliphatic hydroxyl groups is 1. The molecule has 0 unspecified atom stereocenters. The number of pyridine rings is 1. The van der Waals surface area contributed by atoms with E-state index in [-0.39, 0.29) is 5.57 Å². The van der Waals surface area contributed by atoms with Crippen molar-refractivity contribution in [2.24, 2.45) is 0 Å². The quantitative estimate of drug-likeness (QED) is 0.946. The van der Waals surface area contributed by atoms with Gasteiger partial charge >= 0.3 is 0 Å². The highest BCUT2D eigenvalue weighted by molar-refractivity contribution is 6.15. The Labute approximate surface area is 131 Å². The summed E-state index contributed by atoms with van der Waals surface area (Å²) >= 11 is 0. The van der Waals surface area contributed by atoms with Crippen LogP contribution < -0.4 is 4.90 Å². The molecule has 0 saturated heterocycles. The second-order valence-electron chi connectivity index (χ2n) is 5.14. The zero-order valence-electron chi connectivity index (χ0n) is 12.2. The van der Waals surface area contributed by atoms with Crippen molar-refractivity contribution in [3.63, 3.8) is 0 Å². The number of benzene rings is 1. The van der Waals surface area contributed by atoms with Gasteiger partial charge in [0.05, 0.1) is 11.6 Å². The van der Waals surface area contributed by atoms with Gasteiger partial charge < -0.3 is 5.11 Å². The molecule has 23 heavy (non-hydrogen) atoms. The topological polar surface area (TPSA) is 70.5 Å². The molecular weight excluding hydrogens is 299 g/mol. The summed E-state index contributed by atoms with van der Waals surface area (Å²) < 4.78 is 13.2. The fourth-order valence-corrected chi connectivity index (χ4v) is 2.66. The number of Topliss-reactive ketones (excluding diaryl/α,β-unsaturated/α-hetero) is 1. The fourth-order valence-electron chi connectivity index (χ4n) is 2.66. The van der Waals surface area contributed by atoms with Crippen LogP contribution in [0.4, 0.5) is 10.2 Å². The van der Waals surface area contributed by atoms with Crippen molar-refractivity contribution in [1.29, 1.82) is 0 Å². The van der Waals surface area contributed by atoms with E-state index in [9.17, 15) is 19.1 Å². The van der Waals surface area contributed by atoms with E-state index in [4.69, 9.17) is 0 Å². The van der Waals surface area contributed by atoms with E-state index in [1.165, 1.54) is 42.3 Å². The number of aromatic nitrogens is 1. The molecule has 3 rings (SSSR count). The molecule has 1 amide bonds. The number of halogens is 1. The number of aliphatic hydroxyl groups excluding tert-OH is 1. The third-order valence-electron chi connectivity index (χ3n) is 3.67. The molecule has 0 aliphatic carbocycles. The van der Waals surface area contributed by atoms with E-state index in [2.05, 4.69) is 4.98 Å². The Bertz CT molecular complexity index is 800. The maximum Gasteiger partial charge on any atom is 0.295 e. The van der Waals surface area contributed by atoms with E-state index in [0.29, 0.717) is 11.4 Å². The molecule has 2 heterocycles. The minimum atomic E-state index is -0.838. The first-order valence-corrected chi connectivity index (χ1v) is 6.95. The van der Waals surface area contributed by atoms with Crippen LogP contribution >= 0.6 is 0 Å². The lowest BCUT2D eigenvalue weighted by Gasteiger charge is -2.25. The Balaban J connectivity index is 2.17. The minimum absolute atomic E-state index is 0.0211. The molecule has 1 N–H and O–H groups in total. The lowest BCUT2D eigenvalue weighted by Crippen LogP contribution is -2.31. The van der Waals surface area contributed by atoms with Gasteiger partial charge in [-0.1, -0.05) is 18.2 Å². The normalized spacial score (nSPS) is 17.7. The summed E-state index contributed by atoms with van der Waals surface area (Å²) in [6, 6.07) is 9.58. The van der Waals surface area contributed by atoms with E-state index >= 15 is 0 Å². The first-order chi connectivity index (χ1) is 11.0. The van der Waals surface area contributed by atoms with Crippen LogP contribution in [0.3, 0.4) is 0 Å². The number of nitrogens with zero attached hydrogens (tertiary/aromatic N) is 2. The second kappa shape index (κ2) is 5.64. The Kier molecular flexibility index (Phi) is 3.65. The monoisotopic (exact) mass is 312 g/mol. The highest BCUT2D eigenvalue weighted by atomic mass is 19.1. The zero-order chi connectivity index (χ0) is 16.6. The van der Waals surface area contributed by atoms with Crippen molar-refractivity contribution in [2.75, 3.05) is 4.90 Å². The Morgan fingerprint density at radius 3 is 2.48 bits per heavy atom. The minimum Gasteiger partial charge on any atom is -0.503 e. The number of carbonyl (C=O) groups is 2. The number of hydrogen-bond donors (Lipinski definition) is 1. The van der Waals surface area contributed by atoms with Crippen molar-refractivity contribution in [3.8, 4) is 0 Å². The standard InChI is InChI=1S/C17H13FN2O3/c1-10(21)14-15(11-5-7-12(18)8-6-11)20(17(23)16(14)22)13-4-2-3-9-19-13/h2-9,15,22H,1H3/t15-/m0/s1. The maximum atomic E-state index is 13.2. The molecule has 0 radical (unpaired) electrons. The van der Waals surface area contributed by atoms with Crippen molar-refractivity contribution in [3.05, 3.63) is 71.4 Å². The average Bonchev–Trinajstić information content (AvgIpc) is 2.81. The maximum absolute atomic E-state index is 13.2. The van der Waals surface area contributed by atoms with Gasteiger partial charge in [-0.05, 0) is 36.8 Å². The summed E-state index contributed by atoms with van der Waals surface area (Å²) in [4.78, 5) is 29.7. The number of anilines is 1. The molecule has 0 spiro atoms. The third-order valence-corrected chi connectivity index (χ3v) is 3.67. The highest BCUT2D eigenvalue weighted by Gasteiger charge is 2.43. The average molecular weight is 312 g/mol. The van der Waals surface area contributed by atoms with Crippen molar-refractivity contribution >= 4 is 17.5 Å². The third kappa shape index (κ3) is 2.48. The van der Waals surface area contributed by atoms with Gasteiger partial charge in [-0.3, -0.25) is 14.5 Å². The number of amides is 1. The summed E-state index contributed by atoms with van der Waals surface area (Å²) in [6.45, 7) is 1.28. The lowest BCUT2D eigenvalue weighted by atomic mass is 9.97. The Morgan fingerprint density at radius 2 is 1.91 bits per heavy atom. The van der Waals surface area contributed by atoms with Gasteiger partial charge in [0, 0.05) is 6.20 Å². The van der Waals surface area contributed by atoms with E-state index < -0.39 is 29.3 Å². The molecular formula is C17H13FN2O3. The number of hydrogen-bond acceptors (Lipinski definition) is 4. The molecule has 1 aliphatic heterocycles. The van der Waals surface area contributed by atoms with Gasteiger partial charge in [-0.15, -0.1) is 0 Å². The Hall–Kier alpha value is -3.02. The van der Waals surface area contributed by atoms with Crippen LogP contribution in [0, 0.1) is 5.82 Å². The summed E-state index contributed by atoms with van der Waals surface area (Å²) in [7, 11) is 0. The van der Waals surface area contributed by atoms with E-state index in [1.54, 1.807) is 18.2 Å². The SMILES string of the molecule is CC(=O)C1=C(O)C(=O)N(c2ccccn2)[C@H]1c1ccc(F)cc1. The summed E-state index contributed by atoms with van der Waals surface area (Å²) in [5.41, 5.74) is 0.493. The molecule has 1 aliphatic rings. The van der Waals surface area contributed by atoms with Crippen molar-refractivity contribution in [1.82, 2.24) is 4.98 Å². The van der Waals surface area contributed by atoms with Gasteiger partial charge in [-0.2, -0.15) is 0 Å². The van der Waals surface area contributed by atoms with Crippen LogP contribution in [-0.2, 0) is 9.59 Å². The number of rotatable bonds is 3. The second-order valence-corrected chi connectivity index (χ2v) is 5.14. The largest absolute Gasteiger partial charge is 0.503 e. The molecule has 0 bridgehead atoms. The van der Waals surface area contributed by atoms with Crippen LogP contribution in [0.25, 0.3) is 0 Å². The van der Waals surface area contributed by atoms with Gasteiger partial charge in [-0.25, -0.2) is 9.37 Å². The Morgan fingerprint density at radius 1 is 1.22 bits per heavy atom. The molecule has 6 heteroatoms. The van der Waals surface area contributed by atoms with Crippen LogP contribution in [0.1, 0.15) is 18.5 Å². The predicted octanol–water partition coefficient (Wildman–Crippen LogP) is 2.71. The van der Waals surface area contributed by atoms with Gasteiger partial charge in [0.1, 0.15) is 11.6 Å². The molecule has 1 aromatic carbocycles. The van der Waals surface area contributed by atoms with Crippen LogP contribution in [-0.4, -0.2) is 21.8 Å². The van der Waals surface area contributed by atoms with Crippen molar-refractivity contribution in [2.45, 2.75) is 13.0 Å². The van der Waals surface area contributed by atoms with Crippen LogP contribution in [0.2, 0.25) is 0 Å². The molecule has 0 saturated carbocycles. The predicted molar refractivity (Wildman–Crippen MR) is 81.2 cm³/mol. The smallest absolute Gasteiger partial charge is 0.295 e. The molecule has 1 aromatic heterocycles. The molecule has 5 nitrogen and oxygen atoms in total. The molecule has 2 aromatic rings. The summed E-state index contributed by atoms with van der Waals surface area (Å²) in [5, 5.41) is 10.1. The van der Waals surface area contributed by atoms with Crippen molar-refractivity contribution < 1.29 is 19.1 Å². The first kappa shape index (κ1) is 14.9. The van der Waals surface area contributed by atoms with Crippen LogP contribution in [0.5, 0.6) is 0 Å². The molecule has 0 fully saturated rings. The van der Waals surface area contributed by atoms with Gasteiger partial charge in [0.15, 0.2) is 11.5 Å². The highest BCUT2D eigenvalue weighted by Crippen LogP contribution is 2.39. The van der Waals surface area contributed by atoms with E-state index in [0.717, 1.165) is 0 Å². The zero-order valence-corrected chi connectivity index (χ0v) is 12.2. The number of carbonyl (C=O) groups excluding carboxylic acids is 2. The van der Waals surface area contributed by atoms with Gasteiger partial charge in [0.2, 0.25) is 0 Å². The number of ketones is 1. The van der Waals surface area contributed by atoms with Gasteiger partial charge in [0.25, 0.3) is 5.91 Å². The van der Waals surface area contributed by atoms with Crippen LogP contribution in [0.15, 0.2) is 60.0 Å². The lowest BCUT2D eigenvalue weighted by molar-refractivity contribution is -0.117. The molecule has 116 valence electrons. The molecule has 1 atom stereocenters.